The van der Waals surface area contributed by atoms with Gasteiger partial charge in [0.25, 0.3) is 0 Å². The molecule has 0 aliphatic carbocycles. The van der Waals surface area contributed by atoms with E-state index in [2.05, 4.69) is 27.7 Å². The van der Waals surface area contributed by atoms with Gasteiger partial charge in [-0.2, -0.15) is 0 Å². The Kier molecular flexibility index (Phi) is 23.9. The Bertz CT molecular complexity index is 226. The molecule has 0 saturated carbocycles. The Morgan fingerprint density at radius 3 is 1.19 bits per heavy atom. The van der Waals surface area contributed by atoms with Gasteiger partial charge in [0.1, 0.15) is 0 Å². The van der Waals surface area contributed by atoms with Gasteiger partial charge in [-0.15, -0.1) is 0 Å². The molecule has 0 aliphatic heterocycles. The van der Waals surface area contributed by atoms with E-state index >= 15 is 0 Å². The Morgan fingerprint density at radius 1 is 0.462 bits per heavy atom. The number of hydrogen-bond donors (Lipinski definition) is 0. The minimum atomic E-state index is -2.58. The topological polar surface area (TPSA) is 46.2 Å². The maximum absolute atomic E-state index is 6.07. The molecular formula is C19H42O5Sn2. The van der Waals surface area contributed by atoms with E-state index in [4.69, 9.17) is 15.4 Å². The zero-order valence-electron chi connectivity index (χ0n) is 17.6. The van der Waals surface area contributed by atoms with Crippen molar-refractivity contribution in [3.8, 4) is 0 Å². The molecule has 0 bridgehead atoms. The van der Waals surface area contributed by atoms with Gasteiger partial charge in [-0.1, -0.05) is 0 Å². The minimum absolute atomic E-state index is 0.728. The molecule has 0 aromatic rings. The molecule has 0 fully saturated rings. The quantitative estimate of drug-likeness (QED) is 0.138. The molecule has 5 nitrogen and oxygen atoms in total. The van der Waals surface area contributed by atoms with Crippen molar-refractivity contribution in [1.29, 1.82) is 0 Å². The molecule has 0 atom stereocenters. The summed E-state index contributed by atoms with van der Waals surface area (Å²) in [5.41, 5.74) is 0. The predicted octanol–water partition coefficient (Wildman–Crippen LogP) is 5.13. The molecule has 156 valence electrons. The fourth-order valence-electron chi connectivity index (χ4n) is 1.94. The van der Waals surface area contributed by atoms with Crippen molar-refractivity contribution in [3.63, 3.8) is 0 Å². The molecule has 26 heavy (non-hydrogen) atoms. The van der Waals surface area contributed by atoms with Gasteiger partial charge in [-0.3, -0.25) is 0 Å². The monoisotopic (exact) mass is 590 g/mol. The summed E-state index contributed by atoms with van der Waals surface area (Å²) in [6.45, 7) is 12.7. The number of hydrogen-bond acceptors (Lipinski definition) is 5. The molecule has 0 rings (SSSR count). The Labute approximate surface area is 179 Å². The summed E-state index contributed by atoms with van der Waals surface area (Å²) >= 11 is -4.73. The van der Waals surface area contributed by atoms with Gasteiger partial charge < -0.3 is 0 Å². The summed E-state index contributed by atoms with van der Waals surface area (Å²) < 4.78 is 31.0. The van der Waals surface area contributed by atoms with Crippen molar-refractivity contribution in [3.05, 3.63) is 0 Å². The van der Waals surface area contributed by atoms with Crippen LogP contribution in [0.25, 0.3) is 0 Å². The molecule has 0 unspecified atom stereocenters. The first-order valence-corrected chi connectivity index (χ1v) is 18.5. The average molecular weight is 588 g/mol. The van der Waals surface area contributed by atoms with Gasteiger partial charge in [0, 0.05) is 0 Å². The fourth-order valence-corrected chi connectivity index (χ4v) is 9.74. The van der Waals surface area contributed by atoms with Crippen LogP contribution in [0, 0.1) is 0 Å². The second kappa shape index (κ2) is 22.7. The van der Waals surface area contributed by atoms with Crippen LogP contribution in [0.3, 0.4) is 0 Å². The Morgan fingerprint density at radius 2 is 0.808 bits per heavy atom. The van der Waals surface area contributed by atoms with E-state index in [0.29, 0.717) is 0 Å². The van der Waals surface area contributed by atoms with Crippen LogP contribution in [0.5, 0.6) is 0 Å². The summed E-state index contributed by atoms with van der Waals surface area (Å²) in [4.78, 5) is 0. The van der Waals surface area contributed by atoms with Crippen LogP contribution in [-0.4, -0.2) is 74.6 Å². The van der Waals surface area contributed by atoms with Gasteiger partial charge in [0.2, 0.25) is 0 Å². The van der Waals surface area contributed by atoms with Crippen molar-refractivity contribution in [2.45, 2.75) is 89.9 Å². The normalized spacial score (nSPS) is 11.8. The van der Waals surface area contributed by atoms with Crippen LogP contribution in [0.4, 0.5) is 0 Å². The first-order chi connectivity index (χ1) is 12.8. The molecule has 0 spiro atoms. The Balaban J connectivity index is 4.04. The van der Waals surface area contributed by atoms with E-state index < -0.39 is 41.6 Å². The van der Waals surface area contributed by atoms with E-state index in [1.54, 1.807) is 0 Å². The number of unbranched alkanes of at least 4 members (excludes halogenated alkanes) is 4. The third-order valence-electron chi connectivity index (χ3n) is 3.70. The molecule has 7 heteroatoms. The standard InChI is InChI=1S/4C4H9O.C3H6O.2Sn/c4*1-2-3-4-5;1-2-3-4;;/h4*2-4H2,1H3;1-3H2;;/q5*-1;+2;+3. The summed E-state index contributed by atoms with van der Waals surface area (Å²) in [7, 11) is 0. The summed E-state index contributed by atoms with van der Waals surface area (Å²) in [6, 6.07) is 0. The van der Waals surface area contributed by atoms with Crippen LogP contribution in [0.1, 0.15) is 85.5 Å². The van der Waals surface area contributed by atoms with Crippen molar-refractivity contribution in [2.75, 3.05) is 33.0 Å². The van der Waals surface area contributed by atoms with Crippen LogP contribution in [0.2, 0.25) is 4.44 Å². The fraction of sp³-hybridized carbons (Fsp3) is 1.00. The SMILES string of the molecule is CCCC[O][Sn]([CH2]CC[O][Sn]([O]CCCC)[O]CCCC)[O]CCCC. The van der Waals surface area contributed by atoms with Crippen LogP contribution in [0.15, 0.2) is 0 Å². The molecule has 2 radical (unpaired) electrons. The third kappa shape index (κ3) is 18.7. The summed E-state index contributed by atoms with van der Waals surface area (Å²) in [6.07, 6.45) is 10.1. The van der Waals surface area contributed by atoms with Gasteiger partial charge in [0.05, 0.1) is 0 Å². The van der Waals surface area contributed by atoms with Crippen molar-refractivity contribution >= 4 is 41.6 Å². The molecule has 0 aromatic heterocycles. The first kappa shape index (κ1) is 27.4. The van der Waals surface area contributed by atoms with Crippen molar-refractivity contribution < 1.29 is 15.4 Å². The van der Waals surface area contributed by atoms with E-state index in [1.807, 2.05) is 0 Å². The van der Waals surface area contributed by atoms with Gasteiger partial charge in [0.15, 0.2) is 0 Å². The molecule has 0 N–H and O–H groups in total. The molecule has 0 heterocycles. The molecule has 0 aliphatic rings. The zero-order valence-corrected chi connectivity index (χ0v) is 23.4. The van der Waals surface area contributed by atoms with Crippen molar-refractivity contribution in [2.24, 2.45) is 0 Å². The van der Waals surface area contributed by atoms with Gasteiger partial charge >= 0.3 is 180 Å². The van der Waals surface area contributed by atoms with Crippen molar-refractivity contribution in [1.82, 2.24) is 0 Å². The van der Waals surface area contributed by atoms with Crippen LogP contribution >= 0.6 is 0 Å². The average Bonchev–Trinajstić information content (AvgIpc) is 2.64. The second-order valence-electron chi connectivity index (χ2n) is 6.38. The number of rotatable bonds is 21. The maximum atomic E-state index is 6.07. The van der Waals surface area contributed by atoms with Gasteiger partial charge in [-0.05, 0) is 0 Å². The van der Waals surface area contributed by atoms with Gasteiger partial charge in [-0.25, -0.2) is 0 Å². The third-order valence-corrected chi connectivity index (χ3v) is 12.6. The van der Waals surface area contributed by atoms with Crippen LogP contribution < -0.4 is 0 Å². The molecule has 0 amide bonds. The zero-order chi connectivity index (χ0) is 19.3. The second-order valence-corrected chi connectivity index (χ2v) is 15.5. The predicted molar refractivity (Wildman–Crippen MR) is 110 cm³/mol. The first-order valence-electron chi connectivity index (χ1n) is 10.6. The van der Waals surface area contributed by atoms with E-state index in [9.17, 15) is 0 Å². The van der Waals surface area contributed by atoms with E-state index in [1.165, 1.54) is 12.8 Å². The van der Waals surface area contributed by atoms with E-state index in [0.717, 1.165) is 82.4 Å². The Hall–Kier alpha value is 1.40. The van der Waals surface area contributed by atoms with E-state index in [-0.39, 0.29) is 0 Å². The van der Waals surface area contributed by atoms with Crippen LogP contribution in [-0.2, 0) is 15.4 Å². The summed E-state index contributed by atoms with van der Waals surface area (Å²) in [5.74, 6) is 0. The summed E-state index contributed by atoms with van der Waals surface area (Å²) in [5, 5.41) is 0. The molecule has 0 aromatic carbocycles. The molecular weight excluding hydrogens is 546 g/mol. The molecule has 0 saturated heterocycles.